The van der Waals surface area contributed by atoms with Crippen LogP contribution in [0, 0.1) is 11.6 Å². The lowest BCUT2D eigenvalue weighted by Gasteiger charge is -2.25. The molecule has 2 aromatic rings. The number of carbonyl (C=O) groups is 2. The second kappa shape index (κ2) is 8.94. The molecule has 2 aromatic carbocycles. The van der Waals surface area contributed by atoms with Gasteiger partial charge in [-0.05, 0) is 18.6 Å². The first-order valence-corrected chi connectivity index (χ1v) is 8.02. The van der Waals surface area contributed by atoms with Crippen LogP contribution in [0.5, 0.6) is 5.75 Å². The molecule has 0 radical (unpaired) electrons. The average Bonchev–Trinajstić information content (AvgIpc) is 2.62. The van der Waals surface area contributed by atoms with Gasteiger partial charge >= 0.3 is 5.97 Å². The van der Waals surface area contributed by atoms with Gasteiger partial charge in [-0.3, -0.25) is 9.59 Å². The maximum absolute atomic E-state index is 13.4. The summed E-state index contributed by atoms with van der Waals surface area (Å²) in [6, 6.07) is 11.7. The van der Waals surface area contributed by atoms with Crippen LogP contribution in [-0.2, 0) is 9.59 Å². The lowest BCUT2D eigenvalue weighted by atomic mass is 10.1. The van der Waals surface area contributed by atoms with Crippen molar-refractivity contribution in [2.45, 2.75) is 18.9 Å². The number of aliphatic carboxylic acids is 1. The van der Waals surface area contributed by atoms with Crippen LogP contribution < -0.4 is 4.74 Å². The van der Waals surface area contributed by atoms with E-state index >= 15 is 0 Å². The molecule has 0 saturated carbocycles. The number of hydrogen-bond donors (Lipinski definition) is 1. The van der Waals surface area contributed by atoms with Gasteiger partial charge in [0.15, 0.2) is 11.6 Å². The first kappa shape index (κ1) is 19.4. The Morgan fingerprint density at radius 1 is 1.12 bits per heavy atom. The van der Waals surface area contributed by atoms with E-state index in [9.17, 15) is 18.4 Å². The van der Waals surface area contributed by atoms with Crippen molar-refractivity contribution in [2.24, 2.45) is 0 Å². The number of benzene rings is 2. The predicted molar refractivity (Wildman–Crippen MR) is 90.7 cm³/mol. The highest BCUT2D eigenvalue weighted by atomic mass is 19.2. The van der Waals surface area contributed by atoms with E-state index in [2.05, 4.69) is 0 Å². The summed E-state index contributed by atoms with van der Waals surface area (Å²) in [5.41, 5.74) is 0.548. The molecule has 1 N–H and O–H groups in total. The van der Waals surface area contributed by atoms with Crippen molar-refractivity contribution in [3.63, 3.8) is 0 Å². The number of ether oxygens (including phenoxy) is 1. The molecule has 26 heavy (non-hydrogen) atoms. The summed E-state index contributed by atoms with van der Waals surface area (Å²) in [6.07, 6.45) is -0.821. The lowest BCUT2D eigenvalue weighted by Crippen LogP contribution is -2.35. The monoisotopic (exact) mass is 363 g/mol. The molecule has 7 heteroatoms. The molecule has 138 valence electrons. The molecule has 1 amide bonds. The van der Waals surface area contributed by atoms with Crippen LogP contribution >= 0.6 is 0 Å². The Balaban J connectivity index is 2.19. The molecule has 0 aliphatic carbocycles. The number of likely N-dealkylation sites (N-methyl/N-ethyl adjacent to an activating group) is 1. The van der Waals surface area contributed by atoms with Crippen molar-refractivity contribution >= 4 is 11.9 Å². The number of hydrogen-bond acceptors (Lipinski definition) is 3. The predicted octanol–water partition coefficient (Wildman–Crippen LogP) is 3.41. The maximum Gasteiger partial charge on any atom is 0.303 e. The highest BCUT2D eigenvalue weighted by molar-refractivity contribution is 5.82. The summed E-state index contributed by atoms with van der Waals surface area (Å²) in [7, 11) is 1.54. The summed E-state index contributed by atoms with van der Waals surface area (Å²) >= 11 is 0. The molecule has 0 aliphatic heterocycles. The molecule has 0 spiro atoms. The van der Waals surface area contributed by atoms with E-state index in [-0.39, 0.29) is 18.7 Å². The molecular formula is C19H19F2NO4. The van der Waals surface area contributed by atoms with Crippen molar-refractivity contribution < 1.29 is 28.2 Å². The first-order valence-electron chi connectivity index (χ1n) is 8.02. The van der Waals surface area contributed by atoms with E-state index in [4.69, 9.17) is 9.84 Å². The molecular weight excluding hydrogens is 344 g/mol. The summed E-state index contributed by atoms with van der Waals surface area (Å²) < 4.78 is 32.2. The minimum atomic E-state index is -1.07. The molecule has 1 atom stereocenters. The quantitative estimate of drug-likeness (QED) is 0.781. The minimum absolute atomic E-state index is 0.0186. The third-order valence-corrected chi connectivity index (χ3v) is 3.73. The Labute approximate surface area is 149 Å². The third-order valence-electron chi connectivity index (χ3n) is 3.73. The van der Waals surface area contributed by atoms with E-state index in [0.717, 1.165) is 12.1 Å². The van der Waals surface area contributed by atoms with Crippen LogP contribution in [-0.4, -0.2) is 35.5 Å². The van der Waals surface area contributed by atoms with Crippen molar-refractivity contribution in [3.05, 3.63) is 65.7 Å². The van der Waals surface area contributed by atoms with Crippen molar-refractivity contribution in [1.29, 1.82) is 0 Å². The van der Waals surface area contributed by atoms with Gasteiger partial charge in [0.1, 0.15) is 5.75 Å². The van der Waals surface area contributed by atoms with Gasteiger partial charge in [0.05, 0.1) is 0 Å². The van der Waals surface area contributed by atoms with Crippen molar-refractivity contribution in [3.8, 4) is 5.75 Å². The highest BCUT2D eigenvalue weighted by Crippen LogP contribution is 2.25. The second-order valence-electron chi connectivity index (χ2n) is 5.74. The van der Waals surface area contributed by atoms with E-state index in [1.54, 1.807) is 30.3 Å². The zero-order chi connectivity index (χ0) is 19.1. The summed E-state index contributed by atoms with van der Waals surface area (Å²) in [4.78, 5) is 24.7. The topological polar surface area (TPSA) is 66.8 Å². The van der Waals surface area contributed by atoms with E-state index in [1.165, 1.54) is 18.0 Å². The fraction of sp³-hybridized carbons (Fsp3) is 0.263. The maximum atomic E-state index is 13.4. The number of nitrogens with zero attached hydrogens (tertiary/aromatic N) is 1. The van der Waals surface area contributed by atoms with E-state index in [0.29, 0.717) is 12.0 Å². The van der Waals surface area contributed by atoms with Crippen LogP contribution in [0.2, 0.25) is 0 Å². The first-order chi connectivity index (χ1) is 12.4. The standard InChI is InChI=1S/C19H19F2NO4/c1-22(11-5-8-17(23)24)19(25)18(13-6-3-2-4-7-13)26-14-9-10-15(20)16(21)12-14/h2-4,6-7,9-10,12,18H,5,8,11H2,1H3,(H,23,24). The Morgan fingerprint density at radius 2 is 1.81 bits per heavy atom. The second-order valence-corrected chi connectivity index (χ2v) is 5.74. The Kier molecular flexibility index (Phi) is 6.66. The molecule has 0 aromatic heterocycles. The Bertz CT molecular complexity index is 767. The van der Waals surface area contributed by atoms with Gasteiger partial charge in [-0.2, -0.15) is 0 Å². The molecule has 0 fully saturated rings. The molecule has 0 saturated heterocycles. The number of carboxylic acids is 1. The van der Waals surface area contributed by atoms with Gasteiger partial charge in [0.2, 0.25) is 6.10 Å². The van der Waals surface area contributed by atoms with E-state index < -0.39 is 29.6 Å². The highest BCUT2D eigenvalue weighted by Gasteiger charge is 2.26. The van der Waals surface area contributed by atoms with Crippen LogP contribution in [0.3, 0.4) is 0 Å². The third kappa shape index (κ3) is 5.27. The van der Waals surface area contributed by atoms with Crippen molar-refractivity contribution in [1.82, 2.24) is 4.90 Å². The lowest BCUT2D eigenvalue weighted by molar-refractivity contribution is -0.140. The zero-order valence-corrected chi connectivity index (χ0v) is 14.2. The largest absolute Gasteiger partial charge is 0.481 e. The van der Waals surface area contributed by atoms with E-state index in [1.807, 2.05) is 0 Å². The SMILES string of the molecule is CN(CCCC(=O)O)C(=O)C(Oc1ccc(F)c(F)c1)c1ccccc1. The Hall–Kier alpha value is -2.96. The smallest absolute Gasteiger partial charge is 0.303 e. The Morgan fingerprint density at radius 3 is 2.42 bits per heavy atom. The molecule has 0 aliphatic rings. The molecule has 0 bridgehead atoms. The van der Waals surface area contributed by atoms with Crippen LogP contribution in [0.4, 0.5) is 8.78 Å². The molecule has 0 heterocycles. The fourth-order valence-electron chi connectivity index (χ4n) is 2.35. The molecule has 2 rings (SSSR count). The number of amides is 1. The van der Waals surface area contributed by atoms with Crippen LogP contribution in [0.15, 0.2) is 48.5 Å². The molecule has 5 nitrogen and oxygen atoms in total. The average molecular weight is 363 g/mol. The van der Waals surface area contributed by atoms with Crippen LogP contribution in [0.25, 0.3) is 0 Å². The van der Waals surface area contributed by atoms with Gasteiger partial charge in [-0.25, -0.2) is 8.78 Å². The molecule has 1 unspecified atom stereocenters. The van der Waals surface area contributed by atoms with Gasteiger partial charge in [-0.15, -0.1) is 0 Å². The number of carboxylic acid groups (broad SMARTS) is 1. The summed E-state index contributed by atoms with van der Waals surface area (Å²) in [6.45, 7) is 0.232. The zero-order valence-electron chi connectivity index (χ0n) is 14.2. The number of carbonyl (C=O) groups excluding carboxylic acids is 1. The number of rotatable bonds is 8. The van der Waals surface area contributed by atoms with Crippen LogP contribution in [0.1, 0.15) is 24.5 Å². The fourth-order valence-corrected chi connectivity index (χ4v) is 2.35. The normalized spacial score (nSPS) is 11.7. The van der Waals surface area contributed by atoms with Crippen molar-refractivity contribution in [2.75, 3.05) is 13.6 Å². The van der Waals surface area contributed by atoms with Gasteiger partial charge < -0.3 is 14.7 Å². The summed E-state index contributed by atoms with van der Waals surface area (Å²) in [5.74, 6) is -3.41. The van der Waals surface area contributed by atoms with Gasteiger partial charge in [0.25, 0.3) is 5.91 Å². The summed E-state index contributed by atoms with van der Waals surface area (Å²) in [5, 5.41) is 8.70. The number of halogens is 2. The van der Waals surface area contributed by atoms with Gasteiger partial charge in [0, 0.05) is 31.6 Å². The van der Waals surface area contributed by atoms with Gasteiger partial charge in [-0.1, -0.05) is 30.3 Å². The minimum Gasteiger partial charge on any atom is -0.481 e.